The summed E-state index contributed by atoms with van der Waals surface area (Å²) in [5.41, 5.74) is 0. The molecule has 0 fully saturated rings. The number of phosphoric acid groups is 1. The molecule has 0 aliphatic heterocycles. The molecule has 69 valence electrons. The molecule has 0 rings (SSSR count). The summed E-state index contributed by atoms with van der Waals surface area (Å²) in [6.45, 7) is 0. The molecule has 0 N–H and O–H groups in total. The van der Waals surface area contributed by atoms with Crippen LogP contribution in [0, 0.1) is 0 Å². The van der Waals surface area contributed by atoms with Gasteiger partial charge in [-0.15, -0.1) is 0 Å². The van der Waals surface area contributed by atoms with Crippen LogP contribution >= 0.6 is 7.82 Å². The zero-order valence-electron chi connectivity index (χ0n) is 4.57. The number of rotatable bonds is 0. The maximum absolute atomic E-state index is 8.55. The van der Waals surface area contributed by atoms with E-state index in [4.69, 9.17) is 36.8 Å². The maximum atomic E-state index is 8.55. The van der Waals surface area contributed by atoms with Gasteiger partial charge in [-0.1, -0.05) is 0 Å². The predicted molar refractivity (Wildman–Crippen MR) is 18.1 cm³/mol. The molecule has 0 unspecified atom stereocenters. The van der Waals surface area contributed by atoms with Crippen molar-refractivity contribution in [2.24, 2.45) is 0 Å². The molecular formula is O8PSV-5. The van der Waals surface area contributed by atoms with Crippen LogP contribution in [0.5, 0.6) is 0 Å². The minimum Gasteiger partial charge on any atom is -0.822 e. The Morgan fingerprint density at radius 2 is 1.00 bits per heavy atom. The zero-order valence-corrected chi connectivity index (χ0v) is 7.68. The van der Waals surface area contributed by atoms with E-state index in [0.29, 0.717) is 0 Å². The van der Waals surface area contributed by atoms with Crippen molar-refractivity contribution in [3.63, 3.8) is 0 Å². The van der Waals surface area contributed by atoms with E-state index in [9.17, 15) is 0 Å². The van der Waals surface area contributed by atoms with E-state index in [1.165, 1.54) is 0 Å². The van der Waals surface area contributed by atoms with E-state index in [-0.39, 0.29) is 18.6 Å². The molecule has 0 aromatic heterocycles. The SMILES string of the molecule is O=P([O-])([O-])[O-].O=S(=O)([O-])[O-].[V]. The first-order valence-electron chi connectivity index (χ1n) is 1.40. The summed E-state index contributed by atoms with van der Waals surface area (Å²) in [6.07, 6.45) is 0. The predicted octanol–water partition coefficient (Wildman–Crippen LogP) is -4.17. The minimum absolute atomic E-state index is 0. The van der Waals surface area contributed by atoms with Crippen LogP contribution in [-0.2, 0) is 33.5 Å². The Kier molecular flexibility index (Phi) is 9.79. The fourth-order valence-corrected chi connectivity index (χ4v) is 0. The molecule has 0 bridgehead atoms. The van der Waals surface area contributed by atoms with E-state index in [2.05, 4.69) is 0 Å². The van der Waals surface area contributed by atoms with E-state index in [0.717, 1.165) is 0 Å². The second kappa shape index (κ2) is 6.12. The Morgan fingerprint density at radius 1 is 1.00 bits per heavy atom. The first-order chi connectivity index (χ1) is 4.00. The van der Waals surface area contributed by atoms with Gasteiger partial charge in [0.25, 0.3) is 0 Å². The van der Waals surface area contributed by atoms with Gasteiger partial charge in [-0.2, -0.15) is 7.82 Å². The summed E-state index contributed by atoms with van der Waals surface area (Å²) < 4.78 is 42.6. The van der Waals surface area contributed by atoms with Crippen LogP contribution in [0.25, 0.3) is 0 Å². The fourth-order valence-electron chi connectivity index (χ4n) is 0. The van der Waals surface area contributed by atoms with Crippen molar-refractivity contribution < 1.29 is 55.3 Å². The molecule has 0 saturated heterocycles. The largest absolute Gasteiger partial charge is 0.822 e. The van der Waals surface area contributed by atoms with Crippen molar-refractivity contribution in [2.45, 2.75) is 0 Å². The Hall–Kier alpha value is 0.564. The van der Waals surface area contributed by atoms with Gasteiger partial charge in [0.15, 0.2) is 0 Å². The van der Waals surface area contributed by atoms with Crippen molar-refractivity contribution in [2.75, 3.05) is 0 Å². The molecule has 0 aromatic carbocycles. The Labute approximate surface area is 74.0 Å². The summed E-state index contributed by atoms with van der Waals surface area (Å²) in [4.78, 5) is 25.6. The molecule has 0 aromatic rings. The Balaban J connectivity index is -0.000000107. The number of hydrogen-bond donors (Lipinski definition) is 0. The quantitative estimate of drug-likeness (QED) is 0.234. The normalized spacial score (nSPS) is 10.6. The van der Waals surface area contributed by atoms with Gasteiger partial charge in [0.2, 0.25) is 0 Å². The van der Waals surface area contributed by atoms with Gasteiger partial charge in [-0.25, -0.2) is 0 Å². The van der Waals surface area contributed by atoms with Crippen molar-refractivity contribution in [1.82, 2.24) is 0 Å². The minimum atomic E-state index is -5.39. The standard InChI is InChI=1S/H3O4P.H2O4S.V/c2*1-5(2,3)4;/h(H3,1,2,3,4);(H2,1,2,3,4);/p-5. The molecule has 0 atom stereocenters. The molecular weight excluding hydrogens is 242 g/mol. The first kappa shape index (κ1) is 17.6. The van der Waals surface area contributed by atoms with Gasteiger partial charge in [0, 0.05) is 29.0 Å². The van der Waals surface area contributed by atoms with E-state index in [1.807, 2.05) is 0 Å². The summed E-state index contributed by atoms with van der Waals surface area (Å²) >= 11 is 0. The summed E-state index contributed by atoms with van der Waals surface area (Å²) in [5, 5.41) is 0. The number of hydrogen-bond acceptors (Lipinski definition) is 8. The molecule has 0 spiro atoms. The van der Waals surface area contributed by atoms with Crippen LogP contribution in [0.2, 0.25) is 0 Å². The van der Waals surface area contributed by atoms with Gasteiger partial charge >= 0.3 is 0 Å². The molecule has 8 nitrogen and oxygen atoms in total. The van der Waals surface area contributed by atoms with Crippen molar-refractivity contribution in [1.29, 1.82) is 0 Å². The maximum Gasteiger partial charge on any atom is 0.0311 e. The van der Waals surface area contributed by atoms with Crippen LogP contribution < -0.4 is 14.7 Å². The molecule has 1 radical (unpaired) electrons. The Bertz CT molecular complexity index is 192. The second-order valence-corrected chi connectivity index (χ2v) is 2.57. The monoisotopic (exact) mass is 242 g/mol. The third kappa shape index (κ3) is 2430. The third-order valence-electron chi connectivity index (χ3n) is 0. The van der Waals surface area contributed by atoms with Crippen molar-refractivity contribution >= 4 is 18.2 Å². The molecule has 0 heterocycles. The molecule has 0 aliphatic rings. The van der Waals surface area contributed by atoms with E-state index < -0.39 is 18.2 Å². The Morgan fingerprint density at radius 3 is 1.00 bits per heavy atom. The fraction of sp³-hybridized carbons (Fsp3) is 0. The van der Waals surface area contributed by atoms with Gasteiger partial charge < -0.3 is 28.4 Å². The first-order valence-corrected chi connectivity index (χ1v) is 4.19. The smallest absolute Gasteiger partial charge is 0.0311 e. The molecule has 11 heavy (non-hydrogen) atoms. The van der Waals surface area contributed by atoms with Crippen LogP contribution in [0.4, 0.5) is 0 Å². The molecule has 0 saturated carbocycles. The summed E-state index contributed by atoms with van der Waals surface area (Å²) in [5.74, 6) is 0. The van der Waals surface area contributed by atoms with Gasteiger partial charge in [-0.05, 0) is 0 Å². The van der Waals surface area contributed by atoms with Crippen LogP contribution in [-0.4, -0.2) is 17.5 Å². The van der Waals surface area contributed by atoms with Crippen LogP contribution in [0.15, 0.2) is 0 Å². The van der Waals surface area contributed by atoms with Crippen LogP contribution in [0.3, 0.4) is 0 Å². The average Bonchev–Trinajstić information content (AvgIpc) is 1.12. The average molecular weight is 242 g/mol. The van der Waals surface area contributed by atoms with Gasteiger partial charge in [0.1, 0.15) is 0 Å². The molecule has 0 amide bonds. The third-order valence-corrected chi connectivity index (χ3v) is 0. The summed E-state index contributed by atoms with van der Waals surface area (Å²) in [6, 6.07) is 0. The van der Waals surface area contributed by atoms with Crippen molar-refractivity contribution in [3.8, 4) is 0 Å². The van der Waals surface area contributed by atoms with Gasteiger partial charge in [0.05, 0.1) is 0 Å². The summed E-state index contributed by atoms with van der Waals surface area (Å²) in [7, 11) is -10.6. The second-order valence-electron chi connectivity index (χ2n) is 0.855. The topological polar surface area (TPSA) is 167 Å². The van der Waals surface area contributed by atoms with E-state index in [1.54, 1.807) is 0 Å². The molecule has 11 heteroatoms. The molecule has 0 aliphatic carbocycles. The zero-order chi connectivity index (χ0) is 9.00. The van der Waals surface area contributed by atoms with Gasteiger partial charge in [-0.3, -0.25) is 8.42 Å². The van der Waals surface area contributed by atoms with E-state index >= 15 is 0 Å². The van der Waals surface area contributed by atoms with Crippen molar-refractivity contribution in [3.05, 3.63) is 0 Å². The van der Waals surface area contributed by atoms with Crippen LogP contribution in [0.1, 0.15) is 0 Å².